The lowest BCUT2D eigenvalue weighted by Crippen LogP contribution is -2.28. The van der Waals surface area contributed by atoms with Crippen molar-refractivity contribution in [3.63, 3.8) is 0 Å². The number of nitrogens with zero attached hydrogens (tertiary/aromatic N) is 5. The molecule has 8 heteroatoms. The van der Waals surface area contributed by atoms with Crippen LogP contribution in [0.15, 0.2) is 53.3 Å². The highest BCUT2D eigenvalue weighted by atomic mass is 16.2. The lowest BCUT2D eigenvalue weighted by atomic mass is 10.2. The third-order valence-corrected chi connectivity index (χ3v) is 4.52. The predicted molar refractivity (Wildman–Crippen MR) is 109 cm³/mol. The van der Waals surface area contributed by atoms with E-state index in [1.165, 1.54) is 9.08 Å². The molecule has 0 radical (unpaired) electrons. The number of para-hydroxylation sites is 3. The van der Waals surface area contributed by atoms with Crippen molar-refractivity contribution in [2.24, 2.45) is 0 Å². The largest absolute Gasteiger partial charge is 0.360 e. The summed E-state index contributed by atoms with van der Waals surface area (Å²) in [7, 11) is 3.68. The molecule has 4 aromatic rings. The van der Waals surface area contributed by atoms with Gasteiger partial charge in [0.25, 0.3) is 0 Å². The van der Waals surface area contributed by atoms with Gasteiger partial charge in [-0.2, -0.15) is 0 Å². The molecule has 0 aliphatic carbocycles. The van der Waals surface area contributed by atoms with Crippen molar-refractivity contribution in [2.75, 3.05) is 24.3 Å². The minimum atomic E-state index is -0.378. The topological polar surface area (TPSA) is 84.5 Å². The molecule has 1 amide bonds. The second kappa shape index (κ2) is 6.80. The van der Waals surface area contributed by atoms with Crippen molar-refractivity contribution in [1.29, 1.82) is 0 Å². The SMILES string of the molecule is Cc1ccccc1NC(=O)Cn1nc2c(N(C)C)nc3ccccc3n2c1=O. The summed E-state index contributed by atoms with van der Waals surface area (Å²) in [6.07, 6.45) is 0. The van der Waals surface area contributed by atoms with Crippen molar-refractivity contribution in [3.8, 4) is 0 Å². The molecule has 2 aromatic carbocycles. The van der Waals surface area contributed by atoms with Gasteiger partial charge in [-0.3, -0.25) is 4.79 Å². The van der Waals surface area contributed by atoms with Crippen LogP contribution in [0.4, 0.5) is 11.5 Å². The van der Waals surface area contributed by atoms with Gasteiger partial charge in [0.15, 0.2) is 5.82 Å². The zero-order valence-corrected chi connectivity index (χ0v) is 15.9. The monoisotopic (exact) mass is 376 g/mol. The quantitative estimate of drug-likeness (QED) is 0.589. The number of hydrogen-bond donors (Lipinski definition) is 1. The molecule has 0 aliphatic heterocycles. The molecule has 1 N–H and O–H groups in total. The van der Waals surface area contributed by atoms with Crippen molar-refractivity contribution in [1.82, 2.24) is 19.2 Å². The molecule has 0 fully saturated rings. The van der Waals surface area contributed by atoms with Crippen LogP contribution in [0.3, 0.4) is 0 Å². The number of aryl methyl sites for hydroxylation is 1. The Balaban J connectivity index is 1.78. The zero-order valence-electron chi connectivity index (χ0n) is 15.9. The molecular weight excluding hydrogens is 356 g/mol. The summed E-state index contributed by atoms with van der Waals surface area (Å²) < 4.78 is 2.67. The summed E-state index contributed by atoms with van der Waals surface area (Å²) in [6, 6.07) is 14.8. The number of carbonyl (C=O) groups is 1. The minimum Gasteiger partial charge on any atom is -0.360 e. The van der Waals surface area contributed by atoms with Crippen LogP contribution in [-0.4, -0.2) is 39.2 Å². The molecule has 0 bridgehead atoms. The average Bonchev–Trinajstić information content (AvgIpc) is 2.99. The normalized spacial score (nSPS) is 11.1. The van der Waals surface area contributed by atoms with E-state index >= 15 is 0 Å². The Morgan fingerprint density at radius 2 is 1.82 bits per heavy atom. The molecule has 0 spiro atoms. The molecule has 0 saturated carbocycles. The van der Waals surface area contributed by atoms with E-state index in [-0.39, 0.29) is 18.1 Å². The molecule has 28 heavy (non-hydrogen) atoms. The summed E-state index contributed by atoms with van der Waals surface area (Å²) in [4.78, 5) is 31.9. The van der Waals surface area contributed by atoms with Gasteiger partial charge in [-0.05, 0) is 30.7 Å². The molecule has 2 aromatic heterocycles. The second-order valence-corrected chi connectivity index (χ2v) is 6.78. The predicted octanol–water partition coefficient (Wildman–Crippen LogP) is 2.06. The van der Waals surface area contributed by atoms with Gasteiger partial charge in [-0.1, -0.05) is 30.3 Å². The summed E-state index contributed by atoms with van der Waals surface area (Å²) in [5.74, 6) is 0.248. The number of hydrogen-bond acceptors (Lipinski definition) is 5. The number of anilines is 2. The van der Waals surface area contributed by atoms with Gasteiger partial charge < -0.3 is 10.2 Å². The molecule has 0 saturated heterocycles. The highest BCUT2D eigenvalue weighted by Crippen LogP contribution is 2.20. The number of nitrogens with one attached hydrogen (secondary N) is 1. The second-order valence-electron chi connectivity index (χ2n) is 6.78. The first kappa shape index (κ1) is 17.7. The lowest BCUT2D eigenvalue weighted by molar-refractivity contribution is -0.117. The Kier molecular flexibility index (Phi) is 4.31. The summed E-state index contributed by atoms with van der Waals surface area (Å²) >= 11 is 0. The van der Waals surface area contributed by atoms with E-state index in [1.54, 1.807) is 4.90 Å². The zero-order chi connectivity index (χ0) is 19.8. The maximum atomic E-state index is 13.0. The summed E-state index contributed by atoms with van der Waals surface area (Å²) in [6.45, 7) is 1.73. The smallest absolute Gasteiger partial charge is 0.351 e. The molecule has 142 valence electrons. The van der Waals surface area contributed by atoms with Crippen LogP contribution in [0.2, 0.25) is 0 Å². The first-order chi connectivity index (χ1) is 13.5. The molecule has 0 unspecified atom stereocenters. The Morgan fingerprint density at radius 3 is 2.57 bits per heavy atom. The number of amides is 1. The fraction of sp³-hybridized carbons (Fsp3) is 0.200. The van der Waals surface area contributed by atoms with Crippen LogP contribution in [-0.2, 0) is 11.3 Å². The number of benzene rings is 2. The van der Waals surface area contributed by atoms with E-state index in [9.17, 15) is 9.59 Å². The third kappa shape index (κ3) is 2.98. The Bertz CT molecular complexity index is 1250. The van der Waals surface area contributed by atoms with Crippen LogP contribution in [0, 0.1) is 6.92 Å². The number of fused-ring (bicyclic) bond motifs is 3. The molecule has 0 atom stereocenters. The number of carbonyl (C=O) groups excluding carboxylic acids is 1. The van der Waals surface area contributed by atoms with Gasteiger partial charge in [0.2, 0.25) is 11.6 Å². The molecule has 0 aliphatic rings. The maximum Gasteiger partial charge on any atom is 0.351 e. The molecule has 4 rings (SSSR count). The average molecular weight is 376 g/mol. The fourth-order valence-corrected chi connectivity index (χ4v) is 3.12. The Hall–Kier alpha value is -3.68. The highest BCUT2D eigenvalue weighted by Gasteiger charge is 2.18. The maximum absolute atomic E-state index is 13.0. The third-order valence-electron chi connectivity index (χ3n) is 4.52. The molecular formula is C20H20N6O2. The fourth-order valence-electron chi connectivity index (χ4n) is 3.12. The minimum absolute atomic E-state index is 0.184. The van der Waals surface area contributed by atoms with Crippen molar-refractivity contribution in [3.05, 3.63) is 64.6 Å². The van der Waals surface area contributed by atoms with Gasteiger partial charge in [-0.25, -0.2) is 18.9 Å². The van der Waals surface area contributed by atoms with Crippen LogP contribution < -0.4 is 15.9 Å². The van der Waals surface area contributed by atoms with Gasteiger partial charge in [0, 0.05) is 19.8 Å². The van der Waals surface area contributed by atoms with E-state index in [4.69, 9.17) is 0 Å². The van der Waals surface area contributed by atoms with E-state index < -0.39 is 0 Å². The van der Waals surface area contributed by atoms with Crippen LogP contribution in [0.25, 0.3) is 16.7 Å². The number of aromatic nitrogens is 4. The van der Waals surface area contributed by atoms with E-state index in [1.807, 2.05) is 69.6 Å². The van der Waals surface area contributed by atoms with Crippen molar-refractivity contribution < 1.29 is 4.79 Å². The van der Waals surface area contributed by atoms with E-state index in [2.05, 4.69) is 15.4 Å². The van der Waals surface area contributed by atoms with Gasteiger partial charge >= 0.3 is 5.69 Å². The van der Waals surface area contributed by atoms with Crippen LogP contribution in [0.1, 0.15) is 5.56 Å². The van der Waals surface area contributed by atoms with E-state index in [0.717, 1.165) is 5.56 Å². The van der Waals surface area contributed by atoms with Crippen LogP contribution >= 0.6 is 0 Å². The molecule has 8 nitrogen and oxygen atoms in total. The van der Waals surface area contributed by atoms with E-state index in [0.29, 0.717) is 28.2 Å². The van der Waals surface area contributed by atoms with Crippen molar-refractivity contribution in [2.45, 2.75) is 13.5 Å². The van der Waals surface area contributed by atoms with Crippen LogP contribution in [0.5, 0.6) is 0 Å². The first-order valence-corrected chi connectivity index (χ1v) is 8.87. The van der Waals surface area contributed by atoms with Gasteiger partial charge in [0.1, 0.15) is 6.54 Å². The highest BCUT2D eigenvalue weighted by molar-refractivity contribution is 5.91. The Morgan fingerprint density at radius 1 is 1.11 bits per heavy atom. The lowest BCUT2D eigenvalue weighted by Gasteiger charge is -2.12. The van der Waals surface area contributed by atoms with Gasteiger partial charge in [0.05, 0.1) is 11.0 Å². The first-order valence-electron chi connectivity index (χ1n) is 8.87. The summed E-state index contributed by atoms with van der Waals surface area (Å²) in [5, 5.41) is 7.22. The molecule has 2 heterocycles. The summed E-state index contributed by atoms with van der Waals surface area (Å²) in [5.41, 5.74) is 3.03. The number of rotatable bonds is 4. The standard InChI is InChI=1S/C20H20N6O2/c1-13-8-4-5-9-14(13)21-17(27)12-25-20(28)26-16-11-7-6-10-15(16)22-18(24(2)3)19(26)23-25/h4-11H,12H2,1-3H3,(H,21,27). The van der Waals surface area contributed by atoms with Crippen molar-refractivity contribution >= 4 is 34.1 Å². The van der Waals surface area contributed by atoms with Gasteiger partial charge in [-0.15, -0.1) is 5.10 Å². The Labute approximate surface area is 161 Å².